The first-order valence-corrected chi connectivity index (χ1v) is 6.99. The van der Waals surface area contributed by atoms with Gasteiger partial charge < -0.3 is 10.0 Å². The van der Waals surface area contributed by atoms with E-state index in [0.29, 0.717) is 5.92 Å². The number of carbonyl (C=O) groups is 1. The zero-order valence-corrected chi connectivity index (χ0v) is 10.9. The molecule has 17 heavy (non-hydrogen) atoms. The topological polar surface area (TPSA) is 53.4 Å². The summed E-state index contributed by atoms with van der Waals surface area (Å²) in [4.78, 5) is 17.4. The van der Waals surface area contributed by atoms with Gasteiger partial charge in [0.15, 0.2) is 5.69 Å². The summed E-state index contributed by atoms with van der Waals surface area (Å²) in [6, 6.07) is 0. The van der Waals surface area contributed by atoms with Crippen molar-refractivity contribution in [3.63, 3.8) is 0 Å². The maximum Gasteiger partial charge on any atom is 0.355 e. The third-order valence-corrected chi connectivity index (χ3v) is 4.22. The average molecular weight is 254 g/mol. The predicted octanol–water partition coefficient (Wildman–Crippen LogP) is 2.43. The number of rotatable bonds is 4. The van der Waals surface area contributed by atoms with Gasteiger partial charge in [-0.2, -0.15) is 0 Å². The molecular formula is C12H18N2O2S. The largest absolute Gasteiger partial charge is 0.476 e. The second kappa shape index (κ2) is 5.60. The van der Waals surface area contributed by atoms with E-state index in [0.717, 1.165) is 30.9 Å². The highest BCUT2D eigenvalue weighted by atomic mass is 32.1. The van der Waals surface area contributed by atoms with E-state index >= 15 is 0 Å². The Balaban J connectivity index is 1.93. The fourth-order valence-electron chi connectivity index (χ4n) is 2.29. The third kappa shape index (κ3) is 3.04. The summed E-state index contributed by atoms with van der Waals surface area (Å²) in [6.45, 7) is 5.60. The number of hydrogen-bond donors (Lipinski definition) is 1. The standard InChI is InChI=1S/C12H18N2O2S/c1-2-5-14-6-3-9(4-7-14)11-13-10(8-17-11)12(15)16/h8-9H,2-7H2,1H3,(H,15,16). The van der Waals surface area contributed by atoms with E-state index in [-0.39, 0.29) is 5.69 Å². The summed E-state index contributed by atoms with van der Waals surface area (Å²) in [5, 5.41) is 11.5. The smallest absolute Gasteiger partial charge is 0.355 e. The summed E-state index contributed by atoms with van der Waals surface area (Å²) < 4.78 is 0. The second-order valence-corrected chi connectivity index (χ2v) is 5.38. The lowest BCUT2D eigenvalue weighted by Gasteiger charge is -2.30. The van der Waals surface area contributed by atoms with Crippen LogP contribution in [0.1, 0.15) is 47.6 Å². The molecule has 0 radical (unpaired) electrons. The van der Waals surface area contributed by atoms with Gasteiger partial charge in [-0.25, -0.2) is 9.78 Å². The Hall–Kier alpha value is -0.940. The Bertz CT molecular complexity index is 384. The van der Waals surface area contributed by atoms with E-state index in [1.54, 1.807) is 5.38 Å². The molecule has 2 heterocycles. The molecule has 5 heteroatoms. The second-order valence-electron chi connectivity index (χ2n) is 4.49. The lowest BCUT2D eigenvalue weighted by atomic mass is 9.97. The first kappa shape index (κ1) is 12.5. The number of carboxylic acids is 1. The molecule has 1 aliphatic heterocycles. The number of nitrogens with zero attached hydrogens (tertiary/aromatic N) is 2. The van der Waals surface area contributed by atoms with Gasteiger partial charge in [0, 0.05) is 11.3 Å². The zero-order valence-electron chi connectivity index (χ0n) is 10.1. The Kier molecular flexibility index (Phi) is 4.12. The molecule has 0 unspecified atom stereocenters. The molecule has 0 saturated carbocycles. The number of hydrogen-bond acceptors (Lipinski definition) is 4. The van der Waals surface area contributed by atoms with Crippen molar-refractivity contribution in [2.45, 2.75) is 32.1 Å². The first-order chi connectivity index (χ1) is 8.20. The van der Waals surface area contributed by atoms with E-state index < -0.39 is 5.97 Å². The van der Waals surface area contributed by atoms with Crippen LogP contribution in [0, 0.1) is 0 Å². The molecule has 4 nitrogen and oxygen atoms in total. The van der Waals surface area contributed by atoms with E-state index in [1.807, 2.05) is 0 Å². The molecule has 0 amide bonds. The van der Waals surface area contributed by atoms with Gasteiger partial charge in [-0.05, 0) is 38.9 Å². The summed E-state index contributed by atoms with van der Waals surface area (Å²) >= 11 is 1.49. The molecule has 0 aromatic carbocycles. The van der Waals surface area contributed by atoms with Crippen molar-refractivity contribution >= 4 is 17.3 Å². The Morgan fingerprint density at radius 3 is 2.82 bits per heavy atom. The van der Waals surface area contributed by atoms with E-state index in [4.69, 9.17) is 5.11 Å². The van der Waals surface area contributed by atoms with Crippen LogP contribution in [0.2, 0.25) is 0 Å². The Labute approximate surface area is 105 Å². The Morgan fingerprint density at radius 1 is 1.59 bits per heavy atom. The average Bonchev–Trinajstić information content (AvgIpc) is 2.80. The monoisotopic (exact) mass is 254 g/mol. The molecule has 1 N–H and O–H groups in total. The molecule has 0 bridgehead atoms. The van der Waals surface area contributed by atoms with Crippen molar-refractivity contribution in [2.24, 2.45) is 0 Å². The molecule has 94 valence electrons. The van der Waals surface area contributed by atoms with E-state index in [9.17, 15) is 4.79 Å². The van der Waals surface area contributed by atoms with Gasteiger partial charge in [0.05, 0.1) is 5.01 Å². The number of aromatic nitrogens is 1. The number of likely N-dealkylation sites (tertiary alicyclic amines) is 1. The predicted molar refractivity (Wildman–Crippen MR) is 67.8 cm³/mol. The minimum atomic E-state index is -0.920. The lowest BCUT2D eigenvalue weighted by molar-refractivity contribution is 0.0691. The maximum atomic E-state index is 10.8. The number of piperidine rings is 1. The molecule has 0 atom stereocenters. The summed E-state index contributed by atoms with van der Waals surface area (Å²) in [6.07, 6.45) is 3.41. The van der Waals surface area contributed by atoms with Crippen LogP contribution in [0.5, 0.6) is 0 Å². The fourth-order valence-corrected chi connectivity index (χ4v) is 3.26. The molecule has 1 fully saturated rings. The Morgan fingerprint density at radius 2 is 2.29 bits per heavy atom. The molecule has 1 saturated heterocycles. The van der Waals surface area contributed by atoms with Crippen LogP contribution in [-0.2, 0) is 0 Å². The van der Waals surface area contributed by atoms with E-state index in [1.165, 1.54) is 24.3 Å². The first-order valence-electron chi connectivity index (χ1n) is 6.11. The van der Waals surface area contributed by atoms with Crippen LogP contribution in [0.3, 0.4) is 0 Å². The number of thiazole rings is 1. The van der Waals surface area contributed by atoms with Crippen LogP contribution in [0.4, 0.5) is 0 Å². The van der Waals surface area contributed by atoms with Gasteiger partial charge in [0.2, 0.25) is 0 Å². The SMILES string of the molecule is CCCN1CCC(c2nc(C(=O)O)cs2)CC1. The van der Waals surface area contributed by atoms with Gasteiger partial charge in [0.1, 0.15) is 0 Å². The number of aromatic carboxylic acids is 1. The van der Waals surface area contributed by atoms with Crippen molar-refractivity contribution in [1.29, 1.82) is 0 Å². The van der Waals surface area contributed by atoms with Crippen LogP contribution in [0.15, 0.2) is 5.38 Å². The van der Waals surface area contributed by atoms with Crippen LogP contribution in [-0.4, -0.2) is 40.6 Å². The highest BCUT2D eigenvalue weighted by Crippen LogP contribution is 2.30. The third-order valence-electron chi connectivity index (χ3n) is 3.22. The van der Waals surface area contributed by atoms with Crippen molar-refractivity contribution in [2.75, 3.05) is 19.6 Å². The zero-order chi connectivity index (χ0) is 12.3. The van der Waals surface area contributed by atoms with Crippen molar-refractivity contribution in [1.82, 2.24) is 9.88 Å². The van der Waals surface area contributed by atoms with Crippen LogP contribution in [0.25, 0.3) is 0 Å². The maximum absolute atomic E-state index is 10.8. The summed E-state index contributed by atoms with van der Waals surface area (Å²) in [7, 11) is 0. The minimum absolute atomic E-state index is 0.195. The molecule has 0 spiro atoms. The lowest BCUT2D eigenvalue weighted by Crippen LogP contribution is -2.33. The molecule has 0 aliphatic carbocycles. The van der Waals surface area contributed by atoms with Crippen LogP contribution < -0.4 is 0 Å². The molecule has 1 aromatic heterocycles. The summed E-state index contributed by atoms with van der Waals surface area (Å²) in [5.41, 5.74) is 0.195. The van der Waals surface area contributed by atoms with Gasteiger partial charge in [-0.15, -0.1) is 11.3 Å². The quantitative estimate of drug-likeness (QED) is 0.896. The van der Waals surface area contributed by atoms with Crippen molar-refractivity contribution in [3.05, 3.63) is 16.1 Å². The number of carboxylic acid groups (broad SMARTS) is 1. The molecular weight excluding hydrogens is 236 g/mol. The van der Waals surface area contributed by atoms with E-state index in [2.05, 4.69) is 16.8 Å². The van der Waals surface area contributed by atoms with Gasteiger partial charge in [-0.3, -0.25) is 0 Å². The fraction of sp³-hybridized carbons (Fsp3) is 0.667. The van der Waals surface area contributed by atoms with Crippen molar-refractivity contribution in [3.8, 4) is 0 Å². The normalized spacial score (nSPS) is 18.4. The molecule has 1 aromatic rings. The van der Waals surface area contributed by atoms with Gasteiger partial charge >= 0.3 is 5.97 Å². The van der Waals surface area contributed by atoms with Crippen LogP contribution >= 0.6 is 11.3 Å². The highest BCUT2D eigenvalue weighted by molar-refractivity contribution is 7.09. The highest BCUT2D eigenvalue weighted by Gasteiger charge is 2.23. The molecule has 1 aliphatic rings. The van der Waals surface area contributed by atoms with Gasteiger partial charge in [-0.1, -0.05) is 6.92 Å². The van der Waals surface area contributed by atoms with Gasteiger partial charge in [0.25, 0.3) is 0 Å². The minimum Gasteiger partial charge on any atom is -0.476 e. The summed E-state index contributed by atoms with van der Waals surface area (Å²) in [5.74, 6) is -0.461. The van der Waals surface area contributed by atoms with Crippen molar-refractivity contribution < 1.29 is 9.90 Å². The molecule has 2 rings (SSSR count).